The van der Waals surface area contributed by atoms with Crippen LogP contribution in [0.4, 0.5) is 0 Å². The number of rotatable bonds is 2. The topological polar surface area (TPSA) is 33.1 Å². The van der Waals surface area contributed by atoms with Crippen LogP contribution in [0.3, 0.4) is 0 Å². The summed E-state index contributed by atoms with van der Waals surface area (Å²) in [4.78, 5) is 4.13. The molecule has 0 saturated heterocycles. The van der Waals surface area contributed by atoms with Gasteiger partial charge in [0.15, 0.2) is 0 Å². The van der Waals surface area contributed by atoms with Crippen LogP contribution in [0.15, 0.2) is 36.5 Å². The third kappa shape index (κ3) is 2.78. The number of nitrogens with zero attached hydrogens (tertiary/aromatic N) is 1. The monoisotopic (exact) mass is 267 g/mol. The first-order valence-corrected chi connectivity index (χ1v) is 5.89. The van der Waals surface area contributed by atoms with E-state index in [1.54, 1.807) is 24.4 Å². The van der Waals surface area contributed by atoms with Crippen molar-refractivity contribution in [2.24, 2.45) is 0 Å². The molecule has 1 atom stereocenters. The number of aliphatic hydroxyl groups excluding tert-OH is 1. The molecule has 0 spiro atoms. The Balaban J connectivity index is 2.43. The number of aromatic nitrogens is 1. The van der Waals surface area contributed by atoms with E-state index in [0.29, 0.717) is 21.3 Å². The molecule has 4 heteroatoms. The van der Waals surface area contributed by atoms with Gasteiger partial charge in [-0.3, -0.25) is 4.98 Å². The van der Waals surface area contributed by atoms with Crippen LogP contribution in [-0.4, -0.2) is 10.1 Å². The molecule has 0 amide bonds. The summed E-state index contributed by atoms with van der Waals surface area (Å²) in [6.07, 6.45) is 0.799. The van der Waals surface area contributed by atoms with Crippen LogP contribution < -0.4 is 0 Å². The van der Waals surface area contributed by atoms with Crippen LogP contribution in [-0.2, 0) is 0 Å². The Morgan fingerprint density at radius 2 is 1.94 bits per heavy atom. The summed E-state index contributed by atoms with van der Waals surface area (Å²) in [7, 11) is 0. The first-order chi connectivity index (χ1) is 8.08. The fourth-order valence-corrected chi connectivity index (χ4v) is 1.99. The number of aryl methyl sites for hydroxylation is 1. The van der Waals surface area contributed by atoms with E-state index in [2.05, 4.69) is 4.98 Å². The second kappa shape index (κ2) is 5.05. The quantitative estimate of drug-likeness (QED) is 0.899. The smallest absolute Gasteiger partial charge is 0.122 e. The molecule has 2 nitrogen and oxygen atoms in total. The van der Waals surface area contributed by atoms with E-state index in [9.17, 15) is 5.11 Å². The van der Waals surface area contributed by atoms with Gasteiger partial charge in [-0.1, -0.05) is 23.2 Å². The molecular weight excluding hydrogens is 257 g/mol. The second-order valence-corrected chi connectivity index (χ2v) is 4.67. The molecule has 2 rings (SSSR count). The maximum Gasteiger partial charge on any atom is 0.122 e. The van der Waals surface area contributed by atoms with Crippen LogP contribution in [0.2, 0.25) is 10.0 Å². The fourth-order valence-electron chi connectivity index (χ4n) is 1.59. The molecule has 1 heterocycles. The van der Waals surface area contributed by atoms with Crippen molar-refractivity contribution in [1.29, 1.82) is 0 Å². The average molecular weight is 268 g/mol. The Hall–Kier alpha value is -1.09. The maximum absolute atomic E-state index is 10.2. The summed E-state index contributed by atoms with van der Waals surface area (Å²) in [5.74, 6) is 0. The van der Waals surface area contributed by atoms with Crippen molar-refractivity contribution in [3.05, 3.63) is 63.4 Å². The Kier molecular flexibility index (Phi) is 3.67. The van der Waals surface area contributed by atoms with Crippen molar-refractivity contribution < 1.29 is 5.11 Å². The largest absolute Gasteiger partial charge is 0.382 e. The van der Waals surface area contributed by atoms with Gasteiger partial charge in [0, 0.05) is 21.8 Å². The van der Waals surface area contributed by atoms with Crippen LogP contribution >= 0.6 is 23.2 Å². The molecule has 1 N–H and O–H groups in total. The number of hydrogen-bond acceptors (Lipinski definition) is 2. The van der Waals surface area contributed by atoms with E-state index in [1.165, 1.54) is 0 Å². The minimum absolute atomic E-state index is 0.477. The zero-order chi connectivity index (χ0) is 12.4. The van der Waals surface area contributed by atoms with Gasteiger partial charge < -0.3 is 5.11 Å². The third-order valence-electron chi connectivity index (χ3n) is 2.47. The predicted octanol–water partition coefficient (Wildman–Crippen LogP) is 3.78. The highest BCUT2D eigenvalue weighted by Crippen LogP contribution is 2.29. The molecule has 0 bridgehead atoms. The molecule has 1 aromatic carbocycles. The number of halogens is 2. The lowest BCUT2D eigenvalue weighted by molar-refractivity contribution is 0.215. The summed E-state index contributed by atoms with van der Waals surface area (Å²) in [6.45, 7) is 1.94. The van der Waals surface area contributed by atoms with E-state index in [4.69, 9.17) is 23.2 Å². The lowest BCUT2D eigenvalue weighted by Gasteiger charge is -2.13. The van der Waals surface area contributed by atoms with Crippen LogP contribution in [0, 0.1) is 6.92 Å². The standard InChI is InChI=1S/C13H11Cl2NO/c1-8-4-5-16-12(6-8)13(17)10-7-9(14)2-3-11(10)15/h2-7,13,17H,1H3. The van der Waals surface area contributed by atoms with E-state index >= 15 is 0 Å². The molecule has 0 aliphatic rings. The number of aliphatic hydroxyl groups is 1. The van der Waals surface area contributed by atoms with Crippen molar-refractivity contribution >= 4 is 23.2 Å². The minimum Gasteiger partial charge on any atom is -0.382 e. The van der Waals surface area contributed by atoms with Gasteiger partial charge >= 0.3 is 0 Å². The van der Waals surface area contributed by atoms with Crippen molar-refractivity contribution in [3.63, 3.8) is 0 Å². The number of benzene rings is 1. The minimum atomic E-state index is -0.860. The Morgan fingerprint density at radius 3 is 2.65 bits per heavy atom. The lowest BCUT2D eigenvalue weighted by Crippen LogP contribution is -2.03. The first-order valence-electron chi connectivity index (χ1n) is 5.13. The molecular formula is C13H11Cl2NO. The SMILES string of the molecule is Cc1ccnc(C(O)c2cc(Cl)ccc2Cl)c1. The summed E-state index contributed by atoms with van der Waals surface area (Å²) in [6, 6.07) is 8.69. The van der Waals surface area contributed by atoms with Crippen molar-refractivity contribution in [2.75, 3.05) is 0 Å². The van der Waals surface area contributed by atoms with Gasteiger partial charge in [-0.2, -0.15) is 0 Å². The second-order valence-electron chi connectivity index (χ2n) is 3.83. The van der Waals surface area contributed by atoms with Crippen LogP contribution in [0.1, 0.15) is 22.9 Å². The molecule has 0 aliphatic heterocycles. The van der Waals surface area contributed by atoms with Gasteiger partial charge in [-0.15, -0.1) is 0 Å². The van der Waals surface area contributed by atoms with Crippen LogP contribution in [0.5, 0.6) is 0 Å². The van der Waals surface area contributed by atoms with Crippen molar-refractivity contribution in [1.82, 2.24) is 4.98 Å². The zero-order valence-corrected chi connectivity index (χ0v) is 10.7. The van der Waals surface area contributed by atoms with E-state index in [1.807, 2.05) is 19.1 Å². The highest BCUT2D eigenvalue weighted by atomic mass is 35.5. The normalized spacial score (nSPS) is 12.5. The molecule has 1 aromatic heterocycles. The molecule has 1 unspecified atom stereocenters. The predicted molar refractivity (Wildman–Crippen MR) is 69.5 cm³/mol. The summed E-state index contributed by atoms with van der Waals surface area (Å²) in [5, 5.41) is 11.2. The first kappa shape index (κ1) is 12.4. The average Bonchev–Trinajstić information content (AvgIpc) is 2.31. The van der Waals surface area contributed by atoms with Gasteiger partial charge in [0.25, 0.3) is 0 Å². The van der Waals surface area contributed by atoms with Gasteiger partial charge in [-0.05, 0) is 42.8 Å². The van der Waals surface area contributed by atoms with Gasteiger partial charge in [-0.25, -0.2) is 0 Å². The summed E-state index contributed by atoms with van der Waals surface area (Å²) in [5.41, 5.74) is 2.17. The fraction of sp³-hybridized carbons (Fsp3) is 0.154. The van der Waals surface area contributed by atoms with E-state index in [0.717, 1.165) is 5.56 Å². The van der Waals surface area contributed by atoms with E-state index in [-0.39, 0.29) is 0 Å². The maximum atomic E-state index is 10.2. The number of hydrogen-bond donors (Lipinski definition) is 1. The molecule has 0 radical (unpaired) electrons. The van der Waals surface area contributed by atoms with Crippen molar-refractivity contribution in [3.8, 4) is 0 Å². The van der Waals surface area contributed by atoms with Crippen molar-refractivity contribution in [2.45, 2.75) is 13.0 Å². The molecule has 88 valence electrons. The van der Waals surface area contributed by atoms with Crippen LogP contribution in [0.25, 0.3) is 0 Å². The zero-order valence-electron chi connectivity index (χ0n) is 9.19. The summed E-state index contributed by atoms with van der Waals surface area (Å²) >= 11 is 11.9. The molecule has 2 aromatic rings. The molecule has 0 aliphatic carbocycles. The Labute approximate surface area is 110 Å². The van der Waals surface area contributed by atoms with Gasteiger partial charge in [0.2, 0.25) is 0 Å². The molecule has 0 saturated carbocycles. The van der Waals surface area contributed by atoms with E-state index < -0.39 is 6.10 Å². The Morgan fingerprint density at radius 1 is 1.18 bits per heavy atom. The van der Waals surface area contributed by atoms with Gasteiger partial charge in [0.05, 0.1) is 5.69 Å². The summed E-state index contributed by atoms with van der Waals surface area (Å²) < 4.78 is 0. The highest BCUT2D eigenvalue weighted by molar-refractivity contribution is 6.33. The highest BCUT2D eigenvalue weighted by Gasteiger charge is 2.15. The van der Waals surface area contributed by atoms with Gasteiger partial charge in [0.1, 0.15) is 6.10 Å². The molecule has 17 heavy (non-hydrogen) atoms. The third-order valence-corrected chi connectivity index (χ3v) is 3.05. The Bertz CT molecular complexity index is 543. The number of pyridine rings is 1. The lowest BCUT2D eigenvalue weighted by atomic mass is 10.0. The molecule has 0 fully saturated rings.